The number of halogens is 1. The number of alkyl halides is 1. The molecule has 2 saturated carbocycles. The molecular formula is C30H34FNO3. The molecule has 0 saturated heterocycles. The summed E-state index contributed by atoms with van der Waals surface area (Å²) < 4.78 is 15.6. The number of Topliss-reactive ketones (excluding diaryl/α,β-unsaturated/α-hetero) is 1. The van der Waals surface area contributed by atoms with Gasteiger partial charge in [-0.05, 0) is 91.2 Å². The number of rotatable bonds is 3. The predicted molar refractivity (Wildman–Crippen MR) is 135 cm³/mol. The van der Waals surface area contributed by atoms with Gasteiger partial charge in [0.15, 0.2) is 5.78 Å². The van der Waals surface area contributed by atoms with Gasteiger partial charge in [-0.3, -0.25) is 9.59 Å². The van der Waals surface area contributed by atoms with E-state index in [0.717, 1.165) is 29.7 Å². The van der Waals surface area contributed by atoms with Crippen LogP contribution in [0.5, 0.6) is 0 Å². The Kier molecular flexibility index (Phi) is 6.00. The van der Waals surface area contributed by atoms with Crippen LogP contribution in [0.1, 0.15) is 63.9 Å². The highest BCUT2D eigenvalue weighted by Crippen LogP contribution is 2.69. The maximum absolute atomic E-state index is 15.6. The van der Waals surface area contributed by atoms with Crippen molar-refractivity contribution in [3.05, 3.63) is 52.6 Å². The molecule has 0 radical (unpaired) electrons. The molecule has 2 N–H and O–H groups in total. The van der Waals surface area contributed by atoms with E-state index in [-0.39, 0.29) is 35.9 Å². The standard InChI is InChI=1S/C30H34FNO3/c1-18(34)30(12-4-14-33)13-11-26-24-16-27(31)23-15-21(35)9-10-22(23)28(24)25(17-29(26,30)2)19-5-7-20(32-3)8-6-19/h5-8,15,24-27,32-33H,9-11,13-14,16-17H2,1-3H3/t24-,25+,26-,27?,29-,30-/m0/s1. The number of ketones is 2. The Morgan fingerprint density at radius 3 is 2.66 bits per heavy atom. The number of hydrogen-bond acceptors (Lipinski definition) is 4. The Bertz CT molecular complexity index is 1190. The molecule has 1 aromatic rings. The first kappa shape index (κ1) is 24.0. The topological polar surface area (TPSA) is 66.4 Å². The highest BCUT2D eigenvalue weighted by molar-refractivity contribution is 5.93. The zero-order valence-corrected chi connectivity index (χ0v) is 20.8. The maximum atomic E-state index is 15.6. The lowest BCUT2D eigenvalue weighted by Crippen LogP contribution is -2.51. The Morgan fingerprint density at radius 2 is 2.00 bits per heavy atom. The smallest absolute Gasteiger partial charge is 0.156 e. The van der Waals surface area contributed by atoms with Crippen molar-refractivity contribution in [3.63, 3.8) is 0 Å². The van der Waals surface area contributed by atoms with E-state index in [1.165, 1.54) is 5.57 Å². The molecule has 0 aromatic heterocycles. The SMILES string of the molecule is CNc1ccc([C@H]2C[C@@]3(C)[C@@H](CC[C@@]3(C#CCO)C(C)=O)[C@@H]3CC(F)C4=CC(=O)CCC4=C32)cc1. The number of aliphatic hydroxyl groups is 1. The zero-order valence-electron chi connectivity index (χ0n) is 20.8. The van der Waals surface area contributed by atoms with Crippen molar-refractivity contribution in [2.45, 2.75) is 64.5 Å². The summed E-state index contributed by atoms with van der Waals surface area (Å²) in [5.41, 5.74) is 3.81. The second-order valence-electron chi connectivity index (χ2n) is 10.9. The summed E-state index contributed by atoms with van der Waals surface area (Å²) in [4.78, 5) is 25.4. The highest BCUT2D eigenvalue weighted by Gasteiger charge is 2.65. The molecule has 0 amide bonds. The normalized spacial score (nSPS) is 35.8. The van der Waals surface area contributed by atoms with Gasteiger partial charge >= 0.3 is 0 Å². The molecule has 6 atom stereocenters. The Labute approximate surface area is 207 Å². The molecule has 4 aliphatic rings. The number of benzene rings is 1. The predicted octanol–water partition coefficient (Wildman–Crippen LogP) is 5.15. The van der Waals surface area contributed by atoms with Crippen molar-refractivity contribution in [2.75, 3.05) is 19.0 Å². The van der Waals surface area contributed by atoms with Crippen LogP contribution in [0.15, 0.2) is 47.1 Å². The van der Waals surface area contributed by atoms with E-state index in [1.807, 2.05) is 7.05 Å². The molecule has 1 aromatic carbocycles. The fraction of sp³-hybridized carbons (Fsp3) is 0.533. The lowest BCUT2D eigenvalue weighted by molar-refractivity contribution is -0.130. The Hall–Kier alpha value is -2.71. The van der Waals surface area contributed by atoms with Gasteiger partial charge in [0.2, 0.25) is 0 Å². The highest BCUT2D eigenvalue weighted by atomic mass is 19.1. The largest absolute Gasteiger partial charge is 0.388 e. The zero-order chi connectivity index (χ0) is 25.0. The van der Waals surface area contributed by atoms with Gasteiger partial charge in [0, 0.05) is 25.1 Å². The molecule has 0 heterocycles. The molecule has 4 aliphatic carbocycles. The van der Waals surface area contributed by atoms with Crippen LogP contribution in [-0.4, -0.2) is 36.5 Å². The van der Waals surface area contributed by atoms with E-state index in [0.29, 0.717) is 31.3 Å². The number of carbonyl (C=O) groups excluding carboxylic acids is 2. The first-order valence-corrected chi connectivity index (χ1v) is 12.8. The minimum Gasteiger partial charge on any atom is -0.388 e. The van der Waals surface area contributed by atoms with Gasteiger partial charge in [0.05, 0.1) is 5.41 Å². The van der Waals surface area contributed by atoms with Crippen molar-refractivity contribution in [1.29, 1.82) is 0 Å². The lowest BCUT2D eigenvalue weighted by Gasteiger charge is -2.55. The first-order valence-electron chi connectivity index (χ1n) is 12.8. The van der Waals surface area contributed by atoms with Crippen LogP contribution in [0, 0.1) is 34.5 Å². The van der Waals surface area contributed by atoms with Crippen LogP contribution in [0.2, 0.25) is 0 Å². The fourth-order valence-electron chi connectivity index (χ4n) is 7.90. The monoisotopic (exact) mass is 475 g/mol. The summed E-state index contributed by atoms with van der Waals surface area (Å²) in [7, 11) is 1.89. The van der Waals surface area contributed by atoms with Gasteiger partial charge in [0.25, 0.3) is 0 Å². The number of nitrogens with one attached hydrogen (secondary N) is 1. The van der Waals surface area contributed by atoms with E-state index in [1.54, 1.807) is 13.0 Å². The van der Waals surface area contributed by atoms with Crippen molar-refractivity contribution in [1.82, 2.24) is 0 Å². The van der Waals surface area contributed by atoms with Gasteiger partial charge in [-0.25, -0.2) is 4.39 Å². The van der Waals surface area contributed by atoms with Gasteiger partial charge in [-0.1, -0.05) is 36.5 Å². The molecule has 5 heteroatoms. The average molecular weight is 476 g/mol. The average Bonchev–Trinajstić information content (AvgIpc) is 3.15. The van der Waals surface area contributed by atoms with E-state index in [4.69, 9.17) is 0 Å². The minimum atomic E-state index is -1.16. The van der Waals surface area contributed by atoms with Crippen LogP contribution in [0.25, 0.3) is 0 Å². The first-order chi connectivity index (χ1) is 16.8. The lowest BCUT2D eigenvalue weighted by atomic mass is 9.48. The van der Waals surface area contributed by atoms with Crippen LogP contribution in [0.3, 0.4) is 0 Å². The van der Waals surface area contributed by atoms with E-state index < -0.39 is 17.0 Å². The van der Waals surface area contributed by atoms with E-state index >= 15 is 4.39 Å². The molecule has 2 fully saturated rings. The van der Waals surface area contributed by atoms with Crippen molar-refractivity contribution in [3.8, 4) is 11.8 Å². The maximum Gasteiger partial charge on any atom is 0.156 e. The van der Waals surface area contributed by atoms with Gasteiger partial charge < -0.3 is 10.4 Å². The quantitative estimate of drug-likeness (QED) is 0.594. The third-order valence-corrected chi connectivity index (χ3v) is 9.53. The van der Waals surface area contributed by atoms with E-state index in [2.05, 4.69) is 48.3 Å². The van der Waals surface area contributed by atoms with Gasteiger partial charge in [-0.2, -0.15) is 0 Å². The van der Waals surface area contributed by atoms with Crippen LogP contribution in [0.4, 0.5) is 10.1 Å². The molecule has 0 bridgehead atoms. The number of aliphatic hydroxyl groups excluding tert-OH is 1. The van der Waals surface area contributed by atoms with Crippen molar-refractivity contribution < 1.29 is 19.1 Å². The van der Waals surface area contributed by atoms with Crippen LogP contribution in [-0.2, 0) is 9.59 Å². The summed E-state index contributed by atoms with van der Waals surface area (Å²) in [5.74, 6) is 6.25. The molecule has 1 unspecified atom stereocenters. The van der Waals surface area contributed by atoms with Crippen molar-refractivity contribution in [2.24, 2.45) is 22.7 Å². The number of allylic oxidation sites excluding steroid dienone is 4. The number of anilines is 1. The molecule has 5 rings (SSSR count). The Morgan fingerprint density at radius 1 is 1.26 bits per heavy atom. The molecular weight excluding hydrogens is 441 g/mol. The summed E-state index contributed by atoms with van der Waals surface area (Å²) in [6, 6.07) is 8.38. The number of carbonyl (C=O) groups is 2. The molecule has 35 heavy (non-hydrogen) atoms. The summed E-state index contributed by atoms with van der Waals surface area (Å²) in [5, 5.41) is 12.6. The number of hydrogen-bond donors (Lipinski definition) is 2. The summed E-state index contributed by atoms with van der Waals surface area (Å²) in [6.45, 7) is 3.52. The third-order valence-electron chi connectivity index (χ3n) is 9.53. The van der Waals surface area contributed by atoms with Crippen LogP contribution >= 0.6 is 0 Å². The molecule has 184 valence electrons. The molecule has 4 nitrogen and oxygen atoms in total. The van der Waals surface area contributed by atoms with Gasteiger partial charge in [0.1, 0.15) is 18.6 Å². The summed E-state index contributed by atoms with van der Waals surface area (Å²) >= 11 is 0. The number of fused-ring (bicyclic) bond motifs is 4. The van der Waals surface area contributed by atoms with Crippen molar-refractivity contribution >= 4 is 17.3 Å². The second-order valence-corrected chi connectivity index (χ2v) is 10.9. The molecule has 0 aliphatic heterocycles. The molecule has 0 spiro atoms. The summed E-state index contributed by atoms with van der Waals surface area (Å²) in [6.07, 6.45) is 3.94. The third kappa shape index (κ3) is 3.52. The fourth-order valence-corrected chi connectivity index (χ4v) is 7.90. The second kappa shape index (κ2) is 8.75. The Balaban J connectivity index is 1.72. The van der Waals surface area contributed by atoms with E-state index in [9.17, 15) is 14.7 Å². The van der Waals surface area contributed by atoms with Gasteiger partial charge in [-0.15, -0.1) is 0 Å². The van der Waals surface area contributed by atoms with Crippen LogP contribution < -0.4 is 5.32 Å². The minimum absolute atomic E-state index is 0.00947.